The summed E-state index contributed by atoms with van der Waals surface area (Å²) in [6.45, 7) is 0. The van der Waals surface area contributed by atoms with E-state index in [-0.39, 0.29) is 22.2 Å². The fourth-order valence-corrected chi connectivity index (χ4v) is 1.61. The van der Waals surface area contributed by atoms with Crippen LogP contribution in [0.4, 0.5) is 17.3 Å². The summed E-state index contributed by atoms with van der Waals surface area (Å²) in [7, 11) is 1.52. The number of tetrazole rings is 1. The fraction of sp³-hybridized carbons (Fsp3) is 0.111. The van der Waals surface area contributed by atoms with E-state index in [1.54, 1.807) is 0 Å². The van der Waals surface area contributed by atoms with Gasteiger partial charge in [-0.3, -0.25) is 20.2 Å². The van der Waals surface area contributed by atoms with Gasteiger partial charge in [0, 0.05) is 11.6 Å². The molecule has 1 amide bonds. The highest BCUT2D eigenvalue weighted by molar-refractivity contribution is 6.34. The Bertz CT molecular complexity index is 699. The van der Waals surface area contributed by atoms with Gasteiger partial charge in [-0.25, -0.2) is 0 Å². The number of nitrogens with two attached hydrogens (primary N) is 1. The molecule has 0 saturated heterocycles. The van der Waals surface area contributed by atoms with Crippen molar-refractivity contribution in [1.29, 1.82) is 0 Å². The Morgan fingerprint density at radius 2 is 2.25 bits per heavy atom. The van der Waals surface area contributed by atoms with E-state index in [0.29, 0.717) is 0 Å². The molecule has 20 heavy (non-hydrogen) atoms. The Morgan fingerprint density at radius 3 is 2.80 bits per heavy atom. The van der Waals surface area contributed by atoms with Crippen LogP contribution in [0.15, 0.2) is 12.1 Å². The van der Waals surface area contributed by atoms with Crippen molar-refractivity contribution in [3.63, 3.8) is 0 Å². The van der Waals surface area contributed by atoms with Crippen LogP contribution in [0.3, 0.4) is 0 Å². The Morgan fingerprint density at radius 1 is 1.55 bits per heavy atom. The molecule has 0 bridgehead atoms. The molecule has 11 heteroatoms. The van der Waals surface area contributed by atoms with Crippen molar-refractivity contribution >= 4 is 34.8 Å². The monoisotopic (exact) mass is 297 g/mol. The Labute approximate surface area is 116 Å². The zero-order valence-electron chi connectivity index (χ0n) is 10.1. The highest BCUT2D eigenvalue weighted by Gasteiger charge is 2.20. The maximum Gasteiger partial charge on any atom is 0.294 e. The molecule has 0 unspecified atom stereocenters. The number of nitro groups is 1. The number of halogens is 1. The minimum Gasteiger partial charge on any atom is -0.392 e. The second kappa shape index (κ2) is 5.09. The first-order valence-corrected chi connectivity index (χ1v) is 5.55. The number of rotatable bonds is 3. The molecule has 0 aliphatic rings. The first-order chi connectivity index (χ1) is 9.38. The third kappa shape index (κ3) is 2.64. The number of hydrogen-bond acceptors (Lipinski definition) is 7. The molecule has 0 radical (unpaired) electrons. The van der Waals surface area contributed by atoms with Crippen molar-refractivity contribution < 1.29 is 9.72 Å². The van der Waals surface area contributed by atoms with Gasteiger partial charge in [0.25, 0.3) is 17.5 Å². The summed E-state index contributed by atoms with van der Waals surface area (Å²) < 4.78 is 0. The SMILES string of the molecule is Cn1nnc(NC(=O)c2cc(Cl)c(N)c([N+](=O)[O-])c2)n1. The van der Waals surface area contributed by atoms with Crippen LogP contribution in [0, 0.1) is 10.1 Å². The number of benzene rings is 1. The molecule has 0 spiro atoms. The van der Waals surface area contributed by atoms with E-state index >= 15 is 0 Å². The van der Waals surface area contributed by atoms with Crippen LogP contribution < -0.4 is 11.1 Å². The average Bonchev–Trinajstić information content (AvgIpc) is 2.77. The number of nitrogens with one attached hydrogen (secondary N) is 1. The van der Waals surface area contributed by atoms with Gasteiger partial charge in [0.15, 0.2) is 0 Å². The van der Waals surface area contributed by atoms with E-state index in [2.05, 4.69) is 20.7 Å². The zero-order chi connectivity index (χ0) is 14.9. The molecular weight excluding hydrogens is 290 g/mol. The Balaban J connectivity index is 2.32. The molecule has 0 aliphatic carbocycles. The number of aromatic nitrogens is 4. The number of anilines is 2. The molecule has 1 heterocycles. The maximum atomic E-state index is 11.9. The predicted molar refractivity (Wildman–Crippen MR) is 69.3 cm³/mol. The molecular formula is C9H8ClN7O3. The highest BCUT2D eigenvalue weighted by atomic mass is 35.5. The standard InChI is InChI=1S/C9H8ClN7O3/c1-16-14-9(13-15-16)12-8(18)4-2-5(10)7(11)6(3-4)17(19)20/h2-3H,11H2,1H3,(H,12,14,18). The number of nitrogens with zero attached hydrogens (tertiary/aromatic N) is 5. The van der Waals surface area contributed by atoms with Gasteiger partial charge < -0.3 is 5.73 Å². The van der Waals surface area contributed by atoms with Gasteiger partial charge in [-0.15, -0.1) is 5.10 Å². The Kier molecular flexibility index (Phi) is 3.48. The molecule has 0 atom stereocenters. The third-order valence-corrected chi connectivity index (χ3v) is 2.61. The topological polar surface area (TPSA) is 142 Å². The molecule has 2 aromatic rings. The molecule has 0 saturated carbocycles. The largest absolute Gasteiger partial charge is 0.392 e. The number of aryl methyl sites for hydroxylation is 1. The summed E-state index contributed by atoms with van der Waals surface area (Å²) in [6, 6.07) is 2.24. The van der Waals surface area contributed by atoms with Crippen molar-refractivity contribution in [2.24, 2.45) is 7.05 Å². The third-order valence-electron chi connectivity index (χ3n) is 2.30. The number of nitro benzene ring substituents is 1. The summed E-state index contributed by atoms with van der Waals surface area (Å²) in [5, 5.41) is 23.9. The summed E-state index contributed by atoms with van der Waals surface area (Å²) in [5.41, 5.74) is 4.77. The molecule has 0 aliphatic heterocycles. The van der Waals surface area contributed by atoms with E-state index in [4.69, 9.17) is 17.3 Å². The van der Waals surface area contributed by atoms with Crippen molar-refractivity contribution in [1.82, 2.24) is 20.2 Å². The van der Waals surface area contributed by atoms with Crippen LogP contribution in [-0.4, -0.2) is 31.0 Å². The molecule has 104 valence electrons. The van der Waals surface area contributed by atoms with E-state index in [1.807, 2.05) is 0 Å². The molecule has 1 aromatic heterocycles. The van der Waals surface area contributed by atoms with Crippen LogP contribution in [0.5, 0.6) is 0 Å². The van der Waals surface area contributed by atoms with Gasteiger partial charge in [-0.2, -0.15) is 4.80 Å². The van der Waals surface area contributed by atoms with Gasteiger partial charge in [-0.1, -0.05) is 16.7 Å². The lowest BCUT2D eigenvalue weighted by Crippen LogP contribution is -2.14. The Hall–Kier alpha value is -2.75. The molecule has 2 rings (SSSR count). The van der Waals surface area contributed by atoms with Gasteiger partial charge >= 0.3 is 0 Å². The van der Waals surface area contributed by atoms with Crippen molar-refractivity contribution in [3.05, 3.63) is 32.8 Å². The minimum absolute atomic E-state index is 0.0342. The fourth-order valence-electron chi connectivity index (χ4n) is 1.39. The highest BCUT2D eigenvalue weighted by Crippen LogP contribution is 2.30. The van der Waals surface area contributed by atoms with Crippen LogP contribution in [0.2, 0.25) is 5.02 Å². The van der Waals surface area contributed by atoms with E-state index in [0.717, 1.165) is 10.9 Å². The van der Waals surface area contributed by atoms with Crippen LogP contribution >= 0.6 is 11.6 Å². The number of amides is 1. The maximum absolute atomic E-state index is 11.9. The summed E-state index contributed by atoms with van der Waals surface area (Å²) >= 11 is 5.76. The smallest absolute Gasteiger partial charge is 0.294 e. The molecule has 1 aromatic carbocycles. The number of nitrogen functional groups attached to an aromatic ring is 1. The first-order valence-electron chi connectivity index (χ1n) is 5.17. The summed E-state index contributed by atoms with van der Waals surface area (Å²) in [5.74, 6) is -0.698. The van der Waals surface area contributed by atoms with Crippen LogP contribution in [-0.2, 0) is 7.05 Å². The zero-order valence-corrected chi connectivity index (χ0v) is 10.8. The van der Waals surface area contributed by atoms with Gasteiger partial charge in [0.1, 0.15) is 5.69 Å². The number of hydrogen-bond donors (Lipinski definition) is 2. The second-order valence-corrected chi connectivity index (χ2v) is 4.11. The molecule has 10 nitrogen and oxygen atoms in total. The van der Waals surface area contributed by atoms with Crippen molar-refractivity contribution in [3.8, 4) is 0 Å². The van der Waals surface area contributed by atoms with Crippen LogP contribution in [0.25, 0.3) is 0 Å². The van der Waals surface area contributed by atoms with E-state index < -0.39 is 16.5 Å². The number of carbonyl (C=O) groups is 1. The van der Waals surface area contributed by atoms with Crippen molar-refractivity contribution in [2.45, 2.75) is 0 Å². The minimum atomic E-state index is -0.724. The summed E-state index contributed by atoms with van der Waals surface area (Å²) in [6.07, 6.45) is 0. The average molecular weight is 298 g/mol. The lowest BCUT2D eigenvalue weighted by molar-refractivity contribution is -0.383. The van der Waals surface area contributed by atoms with Crippen molar-refractivity contribution in [2.75, 3.05) is 11.1 Å². The normalized spacial score (nSPS) is 10.3. The molecule has 3 N–H and O–H groups in total. The van der Waals surface area contributed by atoms with Gasteiger partial charge in [-0.05, 0) is 11.3 Å². The first kappa shape index (κ1) is 13.7. The summed E-state index contributed by atoms with van der Waals surface area (Å²) in [4.78, 5) is 23.1. The lowest BCUT2D eigenvalue weighted by atomic mass is 10.1. The molecule has 0 fully saturated rings. The van der Waals surface area contributed by atoms with Gasteiger partial charge in [0.2, 0.25) is 0 Å². The van der Waals surface area contributed by atoms with Gasteiger partial charge in [0.05, 0.1) is 17.0 Å². The predicted octanol–water partition coefficient (Wildman–Crippen LogP) is 0.606. The van der Waals surface area contributed by atoms with Crippen LogP contribution in [0.1, 0.15) is 10.4 Å². The number of carbonyl (C=O) groups excluding carboxylic acids is 1. The second-order valence-electron chi connectivity index (χ2n) is 3.70. The quantitative estimate of drug-likeness (QED) is 0.480. The lowest BCUT2D eigenvalue weighted by Gasteiger charge is -2.04. The van der Waals surface area contributed by atoms with E-state index in [1.165, 1.54) is 13.1 Å². The van der Waals surface area contributed by atoms with E-state index in [9.17, 15) is 14.9 Å².